The van der Waals surface area contributed by atoms with Gasteiger partial charge < -0.3 is 24.6 Å². The summed E-state index contributed by atoms with van der Waals surface area (Å²) in [5.74, 6) is 1.61. The Balaban J connectivity index is 1.16. The Morgan fingerprint density at radius 2 is 1.80 bits per heavy atom. The van der Waals surface area contributed by atoms with E-state index in [2.05, 4.69) is 38.8 Å². The fourth-order valence-electron chi connectivity index (χ4n) is 5.11. The number of imidazole rings is 1. The second kappa shape index (κ2) is 11.8. The SMILES string of the molecule is Cc1ccc(O)c(Cn2c(NC3CCN(CCCOc4ccc(S(N)(=O)=O)cc4)CC3)nc3c(C)cccc32)n1. The van der Waals surface area contributed by atoms with Crippen molar-refractivity contribution in [3.8, 4) is 11.5 Å². The Hall–Kier alpha value is -3.67. The van der Waals surface area contributed by atoms with E-state index in [0.29, 0.717) is 30.6 Å². The fourth-order valence-corrected chi connectivity index (χ4v) is 5.63. The summed E-state index contributed by atoms with van der Waals surface area (Å²) < 4.78 is 30.7. The first-order chi connectivity index (χ1) is 19.2. The van der Waals surface area contributed by atoms with Crippen molar-refractivity contribution in [1.82, 2.24) is 19.4 Å². The number of pyridine rings is 1. The standard InChI is InChI=1S/C29H36N6O4S/c1-20-5-3-6-26-28(20)33-29(35(26)19-25-27(36)12-7-21(2)31-25)32-22-13-16-34(17-14-22)15-4-18-39-23-8-10-24(11-9-23)40(30,37)38/h3,5-12,22,36H,4,13-19H2,1-2H3,(H,32,33)(H2,30,37,38). The van der Waals surface area contributed by atoms with Gasteiger partial charge in [0, 0.05) is 31.4 Å². The summed E-state index contributed by atoms with van der Waals surface area (Å²) in [6, 6.07) is 16.1. The maximum atomic E-state index is 11.4. The number of fused-ring (bicyclic) bond motifs is 1. The van der Waals surface area contributed by atoms with Gasteiger partial charge in [-0.15, -0.1) is 0 Å². The minimum Gasteiger partial charge on any atom is -0.506 e. The largest absolute Gasteiger partial charge is 0.506 e. The normalized spacial score (nSPS) is 15.0. The summed E-state index contributed by atoms with van der Waals surface area (Å²) in [5, 5.41) is 19.3. The van der Waals surface area contributed by atoms with Crippen LogP contribution in [0.1, 0.15) is 36.2 Å². The molecule has 1 saturated heterocycles. The molecule has 10 nitrogen and oxygen atoms in total. The smallest absolute Gasteiger partial charge is 0.238 e. The fraction of sp³-hybridized carbons (Fsp3) is 0.379. The number of primary sulfonamides is 1. The predicted molar refractivity (Wildman–Crippen MR) is 155 cm³/mol. The molecule has 0 saturated carbocycles. The third-order valence-corrected chi connectivity index (χ3v) is 8.27. The van der Waals surface area contributed by atoms with E-state index in [0.717, 1.165) is 67.1 Å². The molecule has 3 heterocycles. The number of hydrogen-bond donors (Lipinski definition) is 3. The van der Waals surface area contributed by atoms with Gasteiger partial charge in [-0.25, -0.2) is 18.5 Å². The molecule has 0 atom stereocenters. The van der Waals surface area contributed by atoms with Crippen LogP contribution in [0.25, 0.3) is 11.0 Å². The van der Waals surface area contributed by atoms with Crippen molar-refractivity contribution in [2.45, 2.75) is 50.6 Å². The number of rotatable bonds is 10. The molecule has 5 rings (SSSR count). The topological polar surface area (TPSA) is 136 Å². The molecule has 2 aromatic carbocycles. The monoisotopic (exact) mass is 564 g/mol. The van der Waals surface area contributed by atoms with Crippen LogP contribution in [-0.2, 0) is 16.6 Å². The lowest BCUT2D eigenvalue weighted by atomic mass is 10.1. The van der Waals surface area contributed by atoms with Crippen molar-refractivity contribution in [3.05, 3.63) is 71.5 Å². The minimum absolute atomic E-state index is 0.0759. The van der Waals surface area contributed by atoms with E-state index in [9.17, 15) is 13.5 Å². The van der Waals surface area contributed by atoms with Crippen molar-refractivity contribution in [2.75, 3.05) is 31.6 Å². The summed E-state index contributed by atoms with van der Waals surface area (Å²) in [7, 11) is -3.70. The molecule has 11 heteroatoms. The first-order valence-corrected chi connectivity index (χ1v) is 15.1. The number of sulfonamides is 1. The van der Waals surface area contributed by atoms with Crippen molar-refractivity contribution in [2.24, 2.45) is 5.14 Å². The lowest BCUT2D eigenvalue weighted by Crippen LogP contribution is -2.40. The molecule has 4 aromatic rings. The van der Waals surface area contributed by atoms with Crippen molar-refractivity contribution < 1.29 is 18.3 Å². The Bertz CT molecular complexity index is 1580. The number of hydrogen-bond acceptors (Lipinski definition) is 8. The second-order valence-corrected chi connectivity index (χ2v) is 11.9. The summed E-state index contributed by atoms with van der Waals surface area (Å²) in [6.45, 7) is 7.84. The lowest BCUT2D eigenvalue weighted by Gasteiger charge is -2.32. The first-order valence-electron chi connectivity index (χ1n) is 13.5. The molecule has 0 unspecified atom stereocenters. The molecule has 0 amide bonds. The molecule has 1 fully saturated rings. The van der Waals surface area contributed by atoms with E-state index in [1.807, 2.05) is 19.1 Å². The quantitative estimate of drug-likeness (QED) is 0.248. The average Bonchev–Trinajstić information content (AvgIpc) is 3.27. The van der Waals surface area contributed by atoms with E-state index in [4.69, 9.17) is 14.9 Å². The van der Waals surface area contributed by atoms with Gasteiger partial charge in [0.2, 0.25) is 16.0 Å². The maximum Gasteiger partial charge on any atom is 0.238 e. The highest BCUT2D eigenvalue weighted by molar-refractivity contribution is 7.89. The molecular formula is C29H36N6O4S. The summed E-state index contributed by atoms with van der Waals surface area (Å²) in [6.07, 6.45) is 2.86. The Morgan fingerprint density at radius 1 is 1.05 bits per heavy atom. The number of benzene rings is 2. The number of aryl methyl sites for hydroxylation is 2. The zero-order valence-corrected chi connectivity index (χ0v) is 23.7. The number of aromatic nitrogens is 3. The minimum atomic E-state index is -3.70. The van der Waals surface area contributed by atoms with Crippen LogP contribution in [-0.4, -0.2) is 65.2 Å². The van der Waals surface area contributed by atoms with Gasteiger partial charge in [-0.1, -0.05) is 12.1 Å². The number of nitrogens with two attached hydrogens (primary N) is 1. The van der Waals surface area contributed by atoms with Crippen LogP contribution in [0.3, 0.4) is 0 Å². The Morgan fingerprint density at radius 3 is 2.52 bits per heavy atom. The van der Waals surface area contributed by atoms with Crippen LogP contribution in [0, 0.1) is 13.8 Å². The van der Waals surface area contributed by atoms with Crippen molar-refractivity contribution >= 4 is 27.0 Å². The van der Waals surface area contributed by atoms with E-state index >= 15 is 0 Å². The molecule has 212 valence electrons. The number of ether oxygens (including phenoxy) is 1. The number of nitrogens with one attached hydrogen (secondary N) is 1. The molecule has 4 N–H and O–H groups in total. The molecule has 0 spiro atoms. The average molecular weight is 565 g/mol. The van der Waals surface area contributed by atoms with Gasteiger partial charge in [0.05, 0.1) is 29.1 Å². The highest BCUT2D eigenvalue weighted by Crippen LogP contribution is 2.27. The highest BCUT2D eigenvalue weighted by Gasteiger charge is 2.22. The molecule has 2 aromatic heterocycles. The van der Waals surface area contributed by atoms with Gasteiger partial charge in [-0.3, -0.25) is 4.98 Å². The summed E-state index contributed by atoms with van der Waals surface area (Å²) in [4.78, 5) is 12.0. The zero-order chi connectivity index (χ0) is 28.3. The number of piperidine rings is 1. The third kappa shape index (κ3) is 6.55. The van der Waals surface area contributed by atoms with Gasteiger partial charge in [0.1, 0.15) is 17.2 Å². The summed E-state index contributed by atoms with van der Waals surface area (Å²) in [5.41, 5.74) is 4.57. The Kier molecular flexibility index (Phi) is 8.24. The van der Waals surface area contributed by atoms with Gasteiger partial charge in [-0.05, 0) is 81.1 Å². The van der Waals surface area contributed by atoms with Crippen LogP contribution in [0.15, 0.2) is 59.5 Å². The molecular weight excluding hydrogens is 528 g/mol. The third-order valence-electron chi connectivity index (χ3n) is 7.34. The van der Waals surface area contributed by atoms with E-state index in [1.54, 1.807) is 18.2 Å². The molecule has 1 aliphatic rings. The predicted octanol–water partition coefficient (Wildman–Crippen LogP) is 3.79. The van der Waals surface area contributed by atoms with Crippen LogP contribution >= 0.6 is 0 Å². The van der Waals surface area contributed by atoms with Crippen LogP contribution < -0.4 is 15.2 Å². The van der Waals surface area contributed by atoms with Crippen molar-refractivity contribution in [3.63, 3.8) is 0 Å². The second-order valence-electron chi connectivity index (χ2n) is 10.4. The van der Waals surface area contributed by atoms with Gasteiger partial charge >= 0.3 is 0 Å². The van der Waals surface area contributed by atoms with Crippen LogP contribution in [0.5, 0.6) is 11.5 Å². The van der Waals surface area contributed by atoms with Gasteiger partial charge in [-0.2, -0.15) is 0 Å². The van der Waals surface area contributed by atoms with Crippen LogP contribution in [0.2, 0.25) is 0 Å². The maximum absolute atomic E-state index is 11.4. The van der Waals surface area contributed by atoms with E-state index < -0.39 is 10.0 Å². The number of likely N-dealkylation sites (tertiary alicyclic amines) is 1. The molecule has 40 heavy (non-hydrogen) atoms. The molecule has 0 radical (unpaired) electrons. The first kappa shape index (κ1) is 27.9. The number of anilines is 1. The molecule has 1 aliphatic heterocycles. The van der Waals surface area contributed by atoms with Crippen molar-refractivity contribution in [1.29, 1.82) is 0 Å². The van der Waals surface area contributed by atoms with E-state index in [-0.39, 0.29) is 10.6 Å². The highest BCUT2D eigenvalue weighted by atomic mass is 32.2. The Labute approximate surface area is 234 Å². The van der Waals surface area contributed by atoms with E-state index in [1.165, 1.54) is 12.1 Å². The lowest BCUT2D eigenvalue weighted by molar-refractivity contribution is 0.197. The van der Waals surface area contributed by atoms with Gasteiger partial charge in [0.25, 0.3) is 0 Å². The zero-order valence-electron chi connectivity index (χ0n) is 22.9. The number of aromatic hydroxyl groups is 1. The molecule has 0 bridgehead atoms. The number of nitrogens with zero attached hydrogens (tertiary/aromatic N) is 4. The van der Waals surface area contributed by atoms with Crippen LogP contribution in [0.4, 0.5) is 5.95 Å². The molecule has 0 aliphatic carbocycles. The van der Waals surface area contributed by atoms with Gasteiger partial charge in [0.15, 0.2) is 0 Å². The number of para-hydroxylation sites is 1. The summed E-state index contributed by atoms with van der Waals surface area (Å²) >= 11 is 0.